The summed E-state index contributed by atoms with van der Waals surface area (Å²) in [6.45, 7) is 1.12. The molecule has 3 heterocycles. The van der Waals surface area contributed by atoms with Crippen LogP contribution in [0.1, 0.15) is 18.4 Å². The van der Waals surface area contributed by atoms with Crippen LogP contribution in [0.15, 0.2) is 50.6 Å². The van der Waals surface area contributed by atoms with Gasteiger partial charge < -0.3 is 4.90 Å². The van der Waals surface area contributed by atoms with Gasteiger partial charge in [0.15, 0.2) is 0 Å². The van der Waals surface area contributed by atoms with Gasteiger partial charge in [-0.15, -0.1) is 11.3 Å². The molecule has 0 N–H and O–H groups in total. The Morgan fingerprint density at radius 2 is 2.04 bits per heavy atom. The largest absolute Gasteiger partial charge is 0.303 e. The van der Waals surface area contributed by atoms with Crippen molar-refractivity contribution in [1.29, 1.82) is 0 Å². The minimum absolute atomic E-state index is 0.352. The van der Waals surface area contributed by atoms with Gasteiger partial charge in [-0.25, -0.2) is 3.97 Å². The van der Waals surface area contributed by atoms with E-state index in [1.807, 2.05) is 30.5 Å². The molecule has 0 spiro atoms. The van der Waals surface area contributed by atoms with Crippen molar-refractivity contribution in [3.05, 3.63) is 51.9 Å². The molecule has 0 aliphatic carbocycles. The van der Waals surface area contributed by atoms with Crippen molar-refractivity contribution >= 4 is 48.2 Å². The van der Waals surface area contributed by atoms with Crippen LogP contribution in [0.2, 0.25) is 0 Å². The predicted molar refractivity (Wildman–Crippen MR) is 106 cm³/mol. The van der Waals surface area contributed by atoms with Crippen molar-refractivity contribution in [2.24, 2.45) is 0 Å². The molecule has 1 aliphatic heterocycles. The lowest BCUT2D eigenvalue weighted by atomic mass is 10.0. The van der Waals surface area contributed by atoms with E-state index in [1.165, 1.54) is 28.2 Å². The molecule has 1 aliphatic rings. The molecule has 4 rings (SSSR count). The molecule has 1 aromatic carbocycles. The highest BCUT2D eigenvalue weighted by Gasteiger charge is 2.26. The number of likely N-dealkylation sites (N-methyl/N-ethyl adjacent to an activating group) is 1. The zero-order valence-electron chi connectivity index (χ0n) is 13.9. The van der Waals surface area contributed by atoms with Gasteiger partial charge in [-0.2, -0.15) is 8.42 Å². The van der Waals surface area contributed by atoms with Gasteiger partial charge in [0.1, 0.15) is 4.21 Å². The first kappa shape index (κ1) is 17.3. The lowest BCUT2D eigenvalue weighted by molar-refractivity contribution is 0.310. The average molecular weight is 439 g/mol. The second-order valence-corrected chi connectivity index (χ2v) is 11.0. The highest BCUT2D eigenvalue weighted by molar-refractivity contribution is 9.11. The van der Waals surface area contributed by atoms with Crippen LogP contribution in [-0.2, 0) is 16.4 Å². The summed E-state index contributed by atoms with van der Waals surface area (Å²) in [4.78, 5) is 2.37. The number of aromatic nitrogens is 1. The maximum atomic E-state index is 13.1. The van der Waals surface area contributed by atoms with Gasteiger partial charge in [0.05, 0.1) is 9.30 Å². The van der Waals surface area contributed by atoms with E-state index in [1.54, 1.807) is 12.1 Å². The number of para-hydroxylation sites is 1. The fourth-order valence-electron chi connectivity index (χ4n) is 3.60. The Kier molecular flexibility index (Phi) is 4.52. The van der Waals surface area contributed by atoms with Crippen LogP contribution >= 0.6 is 27.3 Å². The number of rotatable bonds is 4. The molecule has 0 radical (unpaired) electrons. The lowest BCUT2D eigenvalue weighted by Crippen LogP contribution is -2.26. The van der Waals surface area contributed by atoms with Crippen molar-refractivity contribution in [1.82, 2.24) is 8.87 Å². The summed E-state index contributed by atoms with van der Waals surface area (Å²) in [5.41, 5.74) is 1.86. The Bertz CT molecular complexity index is 1020. The Hall–Kier alpha value is -1.15. The number of fused-ring (bicyclic) bond motifs is 1. The van der Waals surface area contributed by atoms with Gasteiger partial charge >= 0.3 is 0 Å². The van der Waals surface area contributed by atoms with Gasteiger partial charge in [0.2, 0.25) is 0 Å². The van der Waals surface area contributed by atoms with Gasteiger partial charge in [-0.05, 0) is 72.5 Å². The molecule has 0 amide bonds. The SMILES string of the molecule is CN1CCC[C@H]1Cc1cn(S(=O)(=O)c2ccc(Br)s2)c2ccccc12. The minimum atomic E-state index is -3.58. The number of benzene rings is 1. The van der Waals surface area contributed by atoms with Gasteiger partial charge in [0, 0.05) is 17.6 Å². The molecular weight excluding hydrogens is 420 g/mol. The zero-order valence-corrected chi connectivity index (χ0v) is 17.1. The number of hydrogen-bond donors (Lipinski definition) is 0. The minimum Gasteiger partial charge on any atom is -0.303 e. The molecule has 7 heteroatoms. The summed E-state index contributed by atoms with van der Waals surface area (Å²) in [7, 11) is -1.43. The molecule has 4 nitrogen and oxygen atoms in total. The molecule has 0 unspecified atom stereocenters. The average Bonchev–Trinajstić information content (AvgIpc) is 3.29. The maximum Gasteiger partial charge on any atom is 0.277 e. The zero-order chi connectivity index (χ0) is 17.6. The summed E-state index contributed by atoms with van der Waals surface area (Å²) in [5.74, 6) is 0. The quantitative estimate of drug-likeness (QED) is 0.608. The molecule has 132 valence electrons. The van der Waals surface area contributed by atoms with Crippen molar-refractivity contribution in [2.45, 2.75) is 29.5 Å². The van der Waals surface area contributed by atoms with E-state index < -0.39 is 10.0 Å². The third kappa shape index (κ3) is 3.07. The highest BCUT2D eigenvalue weighted by Crippen LogP contribution is 2.32. The molecule has 3 aromatic rings. The second kappa shape index (κ2) is 6.54. The number of nitrogens with zero attached hydrogens (tertiary/aromatic N) is 2. The highest BCUT2D eigenvalue weighted by atomic mass is 79.9. The summed E-state index contributed by atoms with van der Waals surface area (Å²) in [5, 5.41) is 1.03. The molecule has 0 saturated carbocycles. The van der Waals surface area contributed by atoms with E-state index in [-0.39, 0.29) is 0 Å². The fraction of sp³-hybridized carbons (Fsp3) is 0.333. The Balaban J connectivity index is 1.82. The maximum absolute atomic E-state index is 13.1. The Morgan fingerprint density at radius 3 is 2.72 bits per heavy atom. The normalized spacial score (nSPS) is 19.0. The van der Waals surface area contributed by atoms with E-state index >= 15 is 0 Å². The van der Waals surface area contributed by atoms with Crippen LogP contribution in [0.25, 0.3) is 10.9 Å². The third-order valence-corrected chi connectivity index (χ3v) is 8.71. The molecule has 2 aromatic heterocycles. The van der Waals surface area contributed by atoms with Gasteiger partial charge in [-0.1, -0.05) is 18.2 Å². The van der Waals surface area contributed by atoms with E-state index in [2.05, 4.69) is 27.9 Å². The smallest absolute Gasteiger partial charge is 0.277 e. The number of halogens is 1. The number of hydrogen-bond acceptors (Lipinski definition) is 4. The van der Waals surface area contributed by atoms with Crippen molar-refractivity contribution < 1.29 is 8.42 Å². The molecule has 1 atom stereocenters. The van der Waals surface area contributed by atoms with E-state index in [4.69, 9.17) is 0 Å². The van der Waals surface area contributed by atoms with Crippen LogP contribution in [0.5, 0.6) is 0 Å². The summed E-state index contributed by atoms with van der Waals surface area (Å²) in [6, 6.07) is 11.7. The van der Waals surface area contributed by atoms with Gasteiger partial charge in [0.25, 0.3) is 10.0 Å². The Labute approximate surface area is 160 Å². The van der Waals surface area contributed by atoms with Crippen molar-refractivity contribution in [2.75, 3.05) is 13.6 Å². The van der Waals surface area contributed by atoms with E-state index in [9.17, 15) is 8.42 Å². The van der Waals surface area contributed by atoms with E-state index in [0.29, 0.717) is 10.3 Å². The van der Waals surface area contributed by atoms with Gasteiger partial charge in [-0.3, -0.25) is 0 Å². The van der Waals surface area contributed by atoms with Crippen molar-refractivity contribution in [3.8, 4) is 0 Å². The standard InChI is InChI=1S/C18H19BrN2O2S2/c1-20-10-4-5-14(20)11-13-12-21(16-7-3-2-6-15(13)16)25(22,23)18-9-8-17(19)24-18/h2-3,6-9,12,14H,4-5,10-11H2,1H3/t14-/m0/s1. The summed E-state index contributed by atoms with van der Waals surface area (Å²) >= 11 is 4.60. The van der Waals surface area contributed by atoms with E-state index in [0.717, 1.165) is 33.2 Å². The number of thiophene rings is 1. The predicted octanol–water partition coefficient (Wildman–Crippen LogP) is 4.34. The van der Waals surface area contributed by atoms with Crippen LogP contribution in [0.3, 0.4) is 0 Å². The third-order valence-electron chi connectivity index (χ3n) is 4.95. The second-order valence-electron chi connectivity index (χ2n) is 6.51. The Morgan fingerprint density at radius 1 is 1.24 bits per heavy atom. The molecular formula is C18H19BrN2O2S2. The molecule has 1 fully saturated rings. The summed E-state index contributed by atoms with van der Waals surface area (Å²) < 4.78 is 28.9. The van der Waals surface area contributed by atoms with Crippen LogP contribution in [0.4, 0.5) is 0 Å². The number of likely N-dealkylation sites (tertiary alicyclic amines) is 1. The molecule has 0 bridgehead atoms. The van der Waals surface area contributed by atoms with Crippen LogP contribution in [-0.4, -0.2) is 36.9 Å². The molecule has 25 heavy (non-hydrogen) atoms. The molecule has 1 saturated heterocycles. The fourth-order valence-corrected chi connectivity index (χ4v) is 7.09. The first-order valence-electron chi connectivity index (χ1n) is 8.27. The van der Waals surface area contributed by atoms with Crippen LogP contribution < -0.4 is 0 Å². The monoisotopic (exact) mass is 438 g/mol. The topological polar surface area (TPSA) is 42.3 Å². The van der Waals surface area contributed by atoms with Crippen molar-refractivity contribution in [3.63, 3.8) is 0 Å². The van der Waals surface area contributed by atoms with Crippen LogP contribution in [0, 0.1) is 0 Å². The first-order valence-corrected chi connectivity index (χ1v) is 11.3. The lowest BCUT2D eigenvalue weighted by Gasteiger charge is -2.18. The first-order chi connectivity index (χ1) is 12.0. The summed E-state index contributed by atoms with van der Waals surface area (Å²) in [6.07, 6.45) is 5.08.